The molecule has 0 fully saturated rings. The number of ether oxygens (including phenoxy) is 1. The normalized spacial score (nSPS) is 10.8. The fourth-order valence-corrected chi connectivity index (χ4v) is 2.29. The van der Waals surface area contributed by atoms with E-state index in [9.17, 15) is 9.59 Å². The van der Waals surface area contributed by atoms with Crippen LogP contribution in [0.15, 0.2) is 21.5 Å². The number of aromatic nitrogens is 2. The summed E-state index contributed by atoms with van der Waals surface area (Å²) in [5, 5.41) is 0.412. The van der Waals surface area contributed by atoms with E-state index in [1.807, 2.05) is 13.8 Å². The van der Waals surface area contributed by atoms with E-state index in [-0.39, 0.29) is 17.6 Å². The second kappa shape index (κ2) is 5.75. The van der Waals surface area contributed by atoms with Crippen molar-refractivity contribution in [1.29, 1.82) is 0 Å². The van der Waals surface area contributed by atoms with E-state index in [1.54, 1.807) is 17.6 Å². The highest BCUT2D eigenvalue weighted by Gasteiger charge is 2.17. The van der Waals surface area contributed by atoms with E-state index in [0.29, 0.717) is 17.6 Å². The molecule has 0 spiro atoms. The third kappa shape index (κ3) is 2.47. The Bertz CT molecular complexity index is 737. The maximum absolute atomic E-state index is 12.4. The molecule has 0 atom stereocenters. The molecule has 0 unspecified atom stereocenters. The Morgan fingerprint density at radius 1 is 1.45 bits per heavy atom. The summed E-state index contributed by atoms with van der Waals surface area (Å²) in [6.45, 7) is 6.33. The lowest BCUT2D eigenvalue weighted by Gasteiger charge is -2.11. The van der Waals surface area contributed by atoms with Crippen LogP contribution < -0.4 is 5.43 Å². The third-order valence-electron chi connectivity index (χ3n) is 3.01. The molecule has 2 aromatic rings. The third-order valence-corrected chi connectivity index (χ3v) is 3.82. The van der Waals surface area contributed by atoms with Gasteiger partial charge >= 0.3 is 5.97 Å². The van der Waals surface area contributed by atoms with Crippen molar-refractivity contribution < 1.29 is 9.53 Å². The lowest BCUT2D eigenvalue weighted by molar-refractivity contribution is 0.0524. The molecular weight excluding hydrogens is 324 g/mol. The van der Waals surface area contributed by atoms with Crippen molar-refractivity contribution in [3.63, 3.8) is 0 Å². The molecule has 0 N–H and O–H groups in total. The van der Waals surface area contributed by atoms with Gasteiger partial charge in [0.1, 0.15) is 11.2 Å². The van der Waals surface area contributed by atoms with Crippen LogP contribution in [0.4, 0.5) is 0 Å². The van der Waals surface area contributed by atoms with Crippen LogP contribution in [0.1, 0.15) is 29.9 Å². The Hall–Kier alpha value is -1.69. The topological polar surface area (TPSA) is 61.2 Å². The van der Waals surface area contributed by atoms with Gasteiger partial charge in [0.2, 0.25) is 5.43 Å². The summed E-state index contributed by atoms with van der Waals surface area (Å²) < 4.78 is 7.45. The van der Waals surface area contributed by atoms with Crippen LogP contribution in [0, 0.1) is 6.92 Å². The van der Waals surface area contributed by atoms with Gasteiger partial charge in [0.05, 0.1) is 17.7 Å². The van der Waals surface area contributed by atoms with Gasteiger partial charge in [-0.1, -0.05) is 0 Å². The predicted molar refractivity (Wildman–Crippen MR) is 80.1 cm³/mol. The fourth-order valence-electron chi connectivity index (χ4n) is 1.97. The van der Waals surface area contributed by atoms with Gasteiger partial charge in [0, 0.05) is 17.2 Å². The minimum Gasteiger partial charge on any atom is -0.462 e. The van der Waals surface area contributed by atoms with Gasteiger partial charge < -0.3 is 9.30 Å². The summed E-state index contributed by atoms with van der Waals surface area (Å²) in [5.74, 6) is -0.599. The fraction of sp³-hybridized carbons (Fsp3) is 0.357. The number of carbonyl (C=O) groups is 1. The summed E-state index contributed by atoms with van der Waals surface area (Å²) >= 11 is 3.36. The number of nitrogens with zero attached hydrogens (tertiary/aromatic N) is 2. The van der Waals surface area contributed by atoms with Crippen LogP contribution in [-0.2, 0) is 11.3 Å². The highest BCUT2D eigenvalue weighted by atomic mass is 79.9. The van der Waals surface area contributed by atoms with Crippen molar-refractivity contribution in [2.75, 3.05) is 6.61 Å². The molecule has 6 heteroatoms. The van der Waals surface area contributed by atoms with Gasteiger partial charge in [-0.05, 0) is 42.8 Å². The monoisotopic (exact) mass is 338 g/mol. The molecule has 2 heterocycles. The standard InChI is InChI=1S/C14H15BrN2O3/c1-4-17-7-10(14(19)20-5-2)12(18)9-6-11(15)8(3)16-13(9)17/h6-7H,4-5H2,1-3H3. The summed E-state index contributed by atoms with van der Waals surface area (Å²) in [6.07, 6.45) is 1.52. The molecule has 0 saturated carbocycles. The highest BCUT2D eigenvalue weighted by Crippen LogP contribution is 2.19. The van der Waals surface area contributed by atoms with Crippen molar-refractivity contribution in [2.45, 2.75) is 27.3 Å². The van der Waals surface area contributed by atoms with E-state index >= 15 is 0 Å². The van der Waals surface area contributed by atoms with Crippen molar-refractivity contribution in [3.05, 3.63) is 38.2 Å². The van der Waals surface area contributed by atoms with Crippen LogP contribution in [0.25, 0.3) is 11.0 Å². The highest BCUT2D eigenvalue weighted by molar-refractivity contribution is 9.10. The van der Waals surface area contributed by atoms with Gasteiger partial charge in [-0.3, -0.25) is 4.79 Å². The first-order valence-corrected chi connectivity index (χ1v) is 7.16. The van der Waals surface area contributed by atoms with Crippen LogP contribution in [0.5, 0.6) is 0 Å². The number of fused-ring (bicyclic) bond motifs is 1. The second-order valence-electron chi connectivity index (χ2n) is 4.31. The van der Waals surface area contributed by atoms with Crippen LogP contribution in [0.3, 0.4) is 0 Å². The lowest BCUT2D eigenvalue weighted by atomic mass is 10.2. The number of pyridine rings is 2. The number of hydrogen-bond acceptors (Lipinski definition) is 4. The molecule has 0 bridgehead atoms. The number of halogens is 1. The molecule has 2 aromatic heterocycles. The molecule has 0 radical (unpaired) electrons. The van der Waals surface area contributed by atoms with E-state index < -0.39 is 5.97 Å². The second-order valence-corrected chi connectivity index (χ2v) is 5.16. The molecule has 0 saturated heterocycles. The van der Waals surface area contributed by atoms with Crippen molar-refractivity contribution in [3.8, 4) is 0 Å². The summed E-state index contributed by atoms with van der Waals surface area (Å²) in [7, 11) is 0. The van der Waals surface area contributed by atoms with E-state index in [0.717, 1.165) is 10.2 Å². The quantitative estimate of drug-likeness (QED) is 0.807. The first-order chi connectivity index (χ1) is 9.49. The number of rotatable bonds is 3. The van der Waals surface area contributed by atoms with Crippen molar-refractivity contribution >= 4 is 32.9 Å². The van der Waals surface area contributed by atoms with Crippen LogP contribution in [-0.4, -0.2) is 22.1 Å². The Morgan fingerprint density at radius 3 is 2.75 bits per heavy atom. The molecule has 2 rings (SSSR count). The molecule has 20 heavy (non-hydrogen) atoms. The maximum Gasteiger partial charge on any atom is 0.343 e. The van der Waals surface area contributed by atoms with E-state index in [4.69, 9.17) is 4.74 Å². The average molecular weight is 339 g/mol. The largest absolute Gasteiger partial charge is 0.462 e. The van der Waals surface area contributed by atoms with E-state index in [1.165, 1.54) is 6.20 Å². The first-order valence-electron chi connectivity index (χ1n) is 6.37. The molecule has 106 valence electrons. The zero-order chi connectivity index (χ0) is 14.9. The molecule has 0 aliphatic carbocycles. The predicted octanol–water partition coefficient (Wildman–Crippen LogP) is 2.66. The number of hydrogen-bond donors (Lipinski definition) is 0. The zero-order valence-corrected chi connectivity index (χ0v) is 13.2. The van der Waals surface area contributed by atoms with Crippen molar-refractivity contribution in [1.82, 2.24) is 9.55 Å². The number of aryl methyl sites for hydroxylation is 2. The Kier molecular flexibility index (Phi) is 4.23. The first kappa shape index (κ1) is 14.7. The molecule has 5 nitrogen and oxygen atoms in total. The summed E-state index contributed by atoms with van der Waals surface area (Å²) in [4.78, 5) is 28.7. The molecular formula is C14H15BrN2O3. The van der Waals surface area contributed by atoms with Crippen LogP contribution in [0.2, 0.25) is 0 Å². The Balaban J connectivity index is 2.81. The molecule has 0 aliphatic heterocycles. The van der Waals surface area contributed by atoms with E-state index in [2.05, 4.69) is 20.9 Å². The Morgan fingerprint density at radius 2 is 2.15 bits per heavy atom. The molecule has 0 aromatic carbocycles. The smallest absolute Gasteiger partial charge is 0.343 e. The minimum absolute atomic E-state index is 0.0405. The van der Waals surface area contributed by atoms with Gasteiger partial charge in [0.15, 0.2) is 0 Å². The number of esters is 1. The minimum atomic E-state index is -0.599. The van der Waals surface area contributed by atoms with Gasteiger partial charge in [-0.25, -0.2) is 9.78 Å². The zero-order valence-electron chi connectivity index (χ0n) is 11.6. The van der Waals surface area contributed by atoms with Gasteiger partial charge in [-0.2, -0.15) is 0 Å². The van der Waals surface area contributed by atoms with Gasteiger partial charge in [0.25, 0.3) is 0 Å². The molecule has 0 aliphatic rings. The van der Waals surface area contributed by atoms with Gasteiger partial charge in [-0.15, -0.1) is 0 Å². The summed E-state index contributed by atoms with van der Waals surface area (Å²) in [5.41, 5.74) is 1.06. The summed E-state index contributed by atoms with van der Waals surface area (Å²) in [6, 6.07) is 1.70. The van der Waals surface area contributed by atoms with Crippen LogP contribution >= 0.6 is 15.9 Å². The lowest BCUT2D eigenvalue weighted by Crippen LogP contribution is -2.21. The molecule has 0 amide bonds. The van der Waals surface area contributed by atoms with Crippen molar-refractivity contribution in [2.24, 2.45) is 0 Å². The Labute approximate surface area is 124 Å². The average Bonchev–Trinajstić information content (AvgIpc) is 2.42. The SMILES string of the molecule is CCOC(=O)c1cn(CC)c2nc(C)c(Br)cc2c1=O. The maximum atomic E-state index is 12.4. The number of carbonyl (C=O) groups excluding carboxylic acids is 1.